The number of rotatable bonds is 0. The van der Waals surface area contributed by atoms with Gasteiger partial charge in [-0.2, -0.15) is 0 Å². The van der Waals surface area contributed by atoms with Crippen molar-refractivity contribution in [3.8, 4) is 0 Å². The van der Waals surface area contributed by atoms with E-state index in [1.807, 2.05) is 12.5 Å². The minimum absolute atomic E-state index is 0.977. The molecule has 0 spiro atoms. The van der Waals surface area contributed by atoms with Crippen LogP contribution in [0.4, 0.5) is 0 Å². The molecule has 1 radical (unpaired) electrons. The van der Waals surface area contributed by atoms with Crippen LogP contribution < -0.4 is 0 Å². The van der Waals surface area contributed by atoms with Crippen molar-refractivity contribution in [2.75, 3.05) is 0 Å². The van der Waals surface area contributed by atoms with Gasteiger partial charge in [-0.1, -0.05) is 17.7 Å². The van der Waals surface area contributed by atoms with Crippen molar-refractivity contribution in [2.45, 2.75) is 6.42 Å². The van der Waals surface area contributed by atoms with Gasteiger partial charge >= 0.3 is 0 Å². The van der Waals surface area contributed by atoms with Crippen molar-refractivity contribution >= 4 is 11.6 Å². The van der Waals surface area contributed by atoms with E-state index in [-0.39, 0.29) is 0 Å². The molecule has 0 saturated carbocycles. The molecular formula is C4H4Cl. The Hall–Kier alpha value is 0.0300. The zero-order valence-electron chi connectivity index (χ0n) is 2.74. The number of allylic oxidation sites excluding steroid dienone is 2. The second-order valence-corrected chi connectivity index (χ2v) is 1.54. The Kier molecular flexibility index (Phi) is 0.657. The van der Waals surface area contributed by atoms with Gasteiger partial charge in [-0.05, 0) is 12.8 Å². The van der Waals surface area contributed by atoms with Gasteiger partial charge in [0.25, 0.3) is 0 Å². The Morgan fingerprint density at radius 1 is 1.80 bits per heavy atom. The highest BCUT2D eigenvalue weighted by Crippen LogP contribution is 2.19. The third kappa shape index (κ3) is 0.457. The van der Waals surface area contributed by atoms with Crippen molar-refractivity contribution in [1.82, 2.24) is 0 Å². The van der Waals surface area contributed by atoms with Crippen molar-refractivity contribution in [3.05, 3.63) is 17.5 Å². The average molecular weight is 87.5 g/mol. The van der Waals surface area contributed by atoms with Crippen LogP contribution in [0.15, 0.2) is 11.1 Å². The first-order valence-corrected chi connectivity index (χ1v) is 1.95. The van der Waals surface area contributed by atoms with Gasteiger partial charge in [0.2, 0.25) is 0 Å². The second kappa shape index (κ2) is 1.02. The lowest BCUT2D eigenvalue weighted by molar-refractivity contribution is 1.16. The molecule has 0 fully saturated rings. The van der Waals surface area contributed by atoms with Gasteiger partial charge in [-0.15, -0.1) is 0 Å². The van der Waals surface area contributed by atoms with E-state index in [1.54, 1.807) is 0 Å². The molecule has 1 rings (SSSR count). The van der Waals surface area contributed by atoms with Crippen LogP contribution in [0, 0.1) is 6.42 Å². The van der Waals surface area contributed by atoms with Gasteiger partial charge in [-0.25, -0.2) is 0 Å². The standard InChI is InChI=1S/C4H4Cl/c5-4-2-1-3-4/h1-2H,3H2. The van der Waals surface area contributed by atoms with Crippen LogP contribution in [-0.2, 0) is 0 Å². The topological polar surface area (TPSA) is 0 Å². The van der Waals surface area contributed by atoms with Crippen molar-refractivity contribution < 1.29 is 0 Å². The summed E-state index contributed by atoms with van der Waals surface area (Å²) in [5.74, 6) is 0. The minimum atomic E-state index is 0.977. The van der Waals surface area contributed by atoms with Gasteiger partial charge in [0, 0.05) is 5.03 Å². The van der Waals surface area contributed by atoms with E-state index in [0.29, 0.717) is 0 Å². The zero-order chi connectivity index (χ0) is 3.70. The molecule has 0 saturated heterocycles. The van der Waals surface area contributed by atoms with Crippen LogP contribution >= 0.6 is 11.6 Å². The fourth-order valence-corrected chi connectivity index (χ4v) is 0.385. The van der Waals surface area contributed by atoms with Crippen LogP contribution in [0.25, 0.3) is 0 Å². The quantitative estimate of drug-likeness (QED) is 0.422. The molecule has 0 atom stereocenters. The van der Waals surface area contributed by atoms with Gasteiger partial charge < -0.3 is 0 Å². The highest BCUT2D eigenvalue weighted by molar-refractivity contribution is 6.30. The van der Waals surface area contributed by atoms with Crippen LogP contribution in [-0.4, -0.2) is 0 Å². The maximum atomic E-state index is 5.38. The first kappa shape index (κ1) is 3.23. The maximum Gasteiger partial charge on any atom is 0.0150 e. The molecule has 0 heterocycles. The SMILES string of the molecule is ClC1=C[CH]C1. The highest BCUT2D eigenvalue weighted by Gasteiger charge is 1.98. The summed E-state index contributed by atoms with van der Waals surface area (Å²) in [7, 11) is 0. The summed E-state index contributed by atoms with van der Waals surface area (Å²) >= 11 is 5.38. The predicted octanol–water partition coefficient (Wildman–Crippen LogP) is 1.72. The van der Waals surface area contributed by atoms with Crippen LogP contribution in [0.3, 0.4) is 0 Å². The summed E-state index contributed by atoms with van der Waals surface area (Å²) in [6.07, 6.45) is 4.92. The molecule has 0 N–H and O–H groups in total. The Morgan fingerprint density at radius 2 is 2.20 bits per heavy atom. The van der Waals surface area contributed by atoms with E-state index >= 15 is 0 Å². The van der Waals surface area contributed by atoms with E-state index in [9.17, 15) is 0 Å². The average Bonchev–Trinajstić information content (AvgIpc) is 1.30. The molecule has 0 aliphatic heterocycles. The highest BCUT2D eigenvalue weighted by atomic mass is 35.5. The smallest absolute Gasteiger partial charge is 0.0150 e. The van der Waals surface area contributed by atoms with Gasteiger partial charge in [0.15, 0.2) is 0 Å². The third-order valence-electron chi connectivity index (χ3n) is 0.612. The molecule has 0 amide bonds. The molecule has 1 heteroatoms. The lowest BCUT2D eigenvalue weighted by atomic mass is 10.1. The molecule has 5 heavy (non-hydrogen) atoms. The molecular weight excluding hydrogens is 83.5 g/mol. The number of hydrogen-bond acceptors (Lipinski definition) is 0. The third-order valence-corrected chi connectivity index (χ3v) is 0.892. The predicted molar refractivity (Wildman–Crippen MR) is 22.9 cm³/mol. The lowest BCUT2D eigenvalue weighted by Gasteiger charge is -2.01. The zero-order valence-corrected chi connectivity index (χ0v) is 3.50. The van der Waals surface area contributed by atoms with Crippen LogP contribution in [0.1, 0.15) is 6.42 Å². The maximum absolute atomic E-state index is 5.38. The molecule has 1 aliphatic rings. The van der Waals surface area contributed by atoms with E-state index in [2.05, 4.69) is 0 Å². The molecule has 0 aromatic heterocycles. The monoisotopic (exact) mass is 87.0 g/mol. The molecule has 27 valence electrons. The lowest BCUT2D eigenvalue weighted by Crippen LogP contribution is -1.83. The van der Waals surface area contributed by atoms with E-state index < -0.39 is 0 Å². The molecule has 0 aromatic carbocycles. The summed E-state index contributed by atoms with van der Waals surface area (Å²) in [5.41, 5.74) is 0. The normalized spacial score (nSPS) is 20.6. The molecule has 0 aromatic rings. The summed E-state index contributed by atoms with van der Waals surface area (Å²) in [6.45, 7) is 0. The van der Waals surface area contributed by atoms with Crippen molar-refractivity contribution in [3.63, 3.8) is 0 Å². The van der Waals surface area contributed by atoms with Gasteiger partial charge in [-0.3, -0.25) is 0 Å². The molecule has 0 unspecified atom stereocenters. The minimum Gasteiger partial charge on any atom is -0.0895 e. The number of hydrogen-bond donors (Lipinski definition) is 0. The fourth-order valence-electron chi connectivity index (χ4n) is 0.207. The van der Waals surface area contributed by atoms with Crippen LogP contribution in [0.2, 0.25) is 0 Å². The summed E-state index contributed by atoms with van der Waals surface area (Å²) in [6, 6.07) is 0. The van der Waals surface area contributed by atoms with E-state index in [4.69, 9.17) is 11.6 Å². The Balaban J connectivity index is 2.51. The first-order chi connectivity index (χ1) is 2.39. The first-order valence-electron chi connectivity index (χ1n) is 1.57. The number of halogens is 1. The largest absolute Gasteiger partial charge is 0.0895 e. The summed E-state index contributed by atoms with van der Waals surface area (Å²) < 4.78 is 0. The second-order valence-electron chi connectivity index (χ2n) is 1.05. The van der Waals surface area contributed by atoms with Crippen molar-refractivity contribution in [1.29, 1.82) is 0 Å². The molecule has 0 nitrogen and oxygen atoms in total. The summed E-state index contributed by atoms with van der Waals surface area (Å²) in [5, 5.41) is 0.977. The van der Waals surface area contributed by atoms with E-state index in [1.165, 1.54) is 0 Å². The molecule has 1 aliphatic carbocycles. The van der Waals surface area contributed by atoms with Gasteiger partial charge in [0.1, 0.15) is 0 Å². The van der Waals surface area contributed by atoms with Crippen molar-refractivity contribution in [2.24, 2.45) is 0 Å². The Labute approximate surface area is 36.4 Å². The van der Waals surface area contributed by atoms with E-state index in [0.717, 1.165) is 11.5 Å². The summed E-state index contributed by atoms with van der Waals surface area (Å²) in [4.78, 5) is 0. The fraction of sp³-hybridized carbons (Fsp3) is 0.250. The Bertz CT molecular complexity index is 64.0. The van der Waals surface area contributed by atoms with Crippen LogP contribution in [0.5, 0.6) is 0 Å². The molecule has 0 bridgehead atoms. The Morgan fingerprint density at radius 3 is 2.20 bits per heavy atom. The van der Waals surface area contributed by atoms with Gasteiger partial charge in [0.05, 0.1) is 0 Å².